The van der Waals surface area contributed by atoms with E-state index < -0.39 is 23.3 Å². The number of carbonyl (C=O) groups is 1. The van der Waals surface area contributed by atoms with Crippen molar-refractivity contribution in [2.75, 3.05) is 11.9 Å². The Morgan fingerprint density at radius 1 is 1.45 bits per heavy atom. The van der Waals surface area contributed by atoms with E-state index in [9.17, 15) is 14.4 Å². The Morgan fingerprint density at radius 2 is 2.15 bits per heavy atom. The third-order valence-corrected chi connectivity index (χ3v) is 3.20. The van der Waals surface area contributed by atoms with E-state index in [0.29, 0.717) is 12.8 Å². The van der Waals surface area contributed by atoms with Gasteiger partial charge in [0, 0.05) is 20.6 Å². The summed E-state index contributed by atoms with van der Waals surface area (Å²) in [5, 5.41) is 15.5. The summed E-state index contributed by atoms with van der Waals surface area (Å²) in [7, 11) is 2.81. The molecule has 1 aromatic rings. The summed E-state index contributed by atoms with van der Waals surface area (Å²) in [6.07, 6.45) is -0.0475. The smallest absolute Gasteiger partial charge is 0.346 e. The highest BCUT2D eigenvalue weighted by molar-refractivity contribution is 5.72. The van der Waals surface area contributed by atoms with Crippen LogP contribution in [0.15, 0.2) is 9.59 Å². The van der Waals surface area contributed by atoms with E-state index in [4.69, 9.17) is 9.84 Å². The lowest BCUT2D eigenvalue weighted by Gasteiger charge is -2.13. The highest BCUT2D eigenvalue weighted by Crippen LogP contribution is 2.19. The number of nitrogens with zero attached hydrogens (tertiary/aromatic N) is 3. The van der Waals surface area contributed by atoms with Gasteiger partial charge in [0.05, 0.1) is 6.10 Å². The van der Waals surface area contributed by atoms with E-state index in [1.807, 2.05) is 0 Å². The molecule has 0 bridgehead atoms. The topological polar surface area (TPSA) is 115 Å². The quantitative estimate of drug-likeness (QED) is 0.693. The molecule has 9 heteroatoms. The van der Waals surface area contributed by atoms with Crippen LogP contribution in [0.1, 0.15) is 12.8 Å². The van der Waals surface area contributed by atoms with Gasteiger partial charge < -0.3 is 15.2 Å². The molecule has 0 radical (unpaired) electrons. The van der Waals surface area contributed by atoms with Crippen molar-refractivity contribution < 1.29 is 14.6 Å². The van der Waals surface area contributed by atoms with Crippen molar-refractivity contribution in [3.8, 4) is 0 Å². The zero-order chi connectivity index (χ0) is 14.9. The van der Waals surface area contributed by atoms with Crippen molar-refractivity contribution in [1.82, 2.24) is 14.3 Å². The number of aryl methyl sites for hydroxylation is 1. The summed E-state index contributed by atoms with van der Waals surface area (Å²) in [4.78, 5) is 34.0. The highest BCUT2D eigenvalue weighted by Gasteiger charge is 2.30. The van der Waals surface area contributed by atoms with E-state index in [-0.39, 0.29) is 18.5 Å². The van der Waals surface area contributed by atoms with Crippen LogP contribution in [0.2, 0.25) is 0 Å². The lowest BCUT2D eigenvalue weighted by Crippen LogP contribution is -2.40. The van der Waals surface area contributed by atoms with Gasteiger partial charge >= 0.3 is 11.7 Å². The minimum absolute atomic E-state index is 0.0389. The summed E-state index contributed by atoms with van der Waals surface area (Å²) in [5.41, 5.74) is -1.04. The third kappa shape index (κ3) is 2.72. The van der Waals surface area contributed by atoms with Gasteiger partial charge in [-0.25, -0.2) is 14.3 Å². The summed E-state index contributed by atoms with van der Waals surface area (Å²) in [6.45, 7) is 0.268. The standard InChI is InChI=1S/C11H16N4O5/c1-14-9(16)8(13-15(2)11(14)19)12-5-6-3-4-7(20-6)10(17)18/h6-7H,3-5H2,1-2H3,(H,12,13)(H,17,18). The predicted molar refractivity (Wildman–Crippen MR) is 68.7 cm³/mol. The molecule has 1 aromatic heterocycles. The molecule has 2 atom stereocenters. The normalized spacial score (nSPS) is 21.9. The van der Waals surface area contributed by atoms with Crippen LogP contribution in [-0.4, -0.2) is 44.2 Å². The first kappa shape index (κ1) is 14.3. The molecule has 9 nitrogen and oxygen atoms in total. The zero-order valence-electron chi connectivity index (χ0n) is 11.2. The molecule has 1 saturated heterocycles. The monoisotopic (exact) mass is 284 g/mol. The lowest BCUT2D eigenvalue weighted by molar-refractivity contribution is -0.149. The maximum absolute atomic E-state index is 11.8. The molecule has 1 fully saturated rings. The van der Waals surface area contributed by atoms with Crippen LogP contribution in [0.5, 0.6) is 0 Å². The summed E-state index contributed by atoms with van der Waals surface area (Å²) in [5.74, 6) is -0.944. The van der Waals surface area contributed by atoms with Crippen molar-refractivity contribution in [2.45, 2.75) is 25.0 Å². The van der Waals surface area contributed by atoms with Gasteiger partial charge in [0.2, 0.25) is 5.82 Å². The maximum atomic E-state index is 11.8. The minimum Gasteiger partial charge on any atom is -0.479 e. The van der Waals surface area contributed by atoms with Gasteiger partial charge in [-0.2, -0.15) is 0 Å². The third-order valence-electron chi connectivity index (χ3n) is 3.20. The molecule has 1 aliphatic rings. The molecule has 2 N–H and O–H groups in total. The van der Waals surface area contributed by atoms with Gasteiger partial charge in [0.15, 0.2) is 6.10 Å². The Bertz CT molecular complexity index is 635. The van der Waals surface area contributed by atoms with E-state index >= 15 is 0 Å². The SMILES string of the molecule is Cn1nc(NCC2CCC(C(=O)O)O2)c(=O)n(C)c1=O. The van der Waals surface area contributed by atoms with Gasteiger partial charge in [0.1, 0.15) is 0 Å². The molecule has 2 rings (SSSR count). The zero-order valence-corrected chi connectivity index (χ0v) is 11.2. The van der Waals surface area contributed by atoms with Crippen LogP contribution in [0.3, 0.4) is 0 Å². The van der Waals surface area contributed by atoms with E-state index in [2.05, 4.69) is 10.4 Å². The van der Waals surface area contributed by atoms with E-state index in [0.717, 1.165) is 9.25 Å². The van der Waals surface area contributed by atoms with Crippen molar-refractivity contribution in [3.63, 3.8) is 0 Å². The predicted octanol–water partition coefficient (Wildman–Crippen LogP) is -1.48. The number of rotatable bonds is 4. The van der Waals surface area contributed by atoms with Crippen LogP contribution in [0.4, 0.5) is 5.82 Å². The molecular weight excluding hydrogens is 268 g/mol. The number of hydrogen-bond donors (Lipinski definition) is 2. The number of carboxylic acid groups (broad SMARTS) is 1. The van der Waals surface area contributed by atoms with Crippen molar-refractivity contribution in [3.05, 3.63) is 20.8 Å². The summed E-state index contributed by atoms with van der Waals surface area (Å²) in [6, 6.07) is 0. The number of aromatic nitrogens is 3. The summed E-state index contributed by atoms with van der Waals surface area (Å²) >= 11 is 0. The molecule has 20 heavy (non-hydrogen) atoms. The number of aliphatic carboxylic acids is 1. The first-order valence-electron chi connectivity index (χ1n) is 6.16. The molecule has 0 spiro atoms. The number of nitrogens with one attached hydrogen (secondary N) is 1. The molecule has 0 amide bonds. The maximum Gasteiger partial charge on any atom is 0.346 e. The minimum atomic E-state index is -0.983. The molecule has 1 aliphatic heterocycles. The Morgan fingerprint density at radius 3 is 2.75 bits per heavy atom. The fraction of sp³-hybridized carbons (Fsp3) is 0.636. The van der Waals surface area contributed by atoms with Crippen LogP contribution in [0, 0.1) is 0 Å². The Balaban J connectivity index is 2.04. The van der Waals surface area contributed by atoms with E-state index in [1.54, 1.807) is 0 Å². The fourth-order valence-electron chi connectivity index (χ4n) is 2.06. The molecular formula is C11H16N4O5. The first-order valence-corrected chi connectivity index (χ1v) is 6.16. The molecule has 0 aliphatic carbocycles. The number of ether oxygens (including phenoxy) is 1. The van der Waals surface area contributed by atoms with Crippen molar-refractivity contribution >= 4 is 11.8 Å². The van der Waals surface area contributed by atoms with Crippen LogP contribution in [0.25, 0.3) is 0 Å². The summed E-state index contributed by atoms with van der Waals surface area (Å²) < 4.78 is 7.31. The van der Waals surface area contributed by atoms with Gasteiger partial charge in [-0.1, -0.05) is 0 Å². The second-order valence-corrected chi connectivity index (χ2v) is 4.66. The van der Waals surface area contributed by atoms with Crippen LogP contribution in [-0.2, 0) is 23.6 Å². The first-order chi connectivity index (χ1) is 9.40. The Hall–Kier alpha value is -2.16. The van der Waals surface area contributed by atoms with Gasteiger partial charge in [-0.15, -0.1) is 5.10 Å². The number of anilines is 1. The molecule has 2 heterocycles. The molecule has 0 saturated carbocycles. The van der Waals surface area contributed by atoms with Crippen LogP contribution >= 0.6 is 0 Å². The highest BCUT2D eigenvalue weighted by atomic mass is 16.5. The fourth-order valence-corrected chi connectivity index (χ4v) is 2.06. The lowest BCUT2D eigenvalue weighted by atomic mass is 10.2. The Kier molecular flexibility index (Phi) is 3.89. The average molecular weight is 284 g/mol. The average Bonchev–Trinajstić information content (AvgIpc) is 2.88. The van der Waals surface area contributed by atoms with Gasteiger partial charge in [-0.05, 0) is 12.8 Å². The molecule has 110 valence electrons. The second-order valence-electron chi connectivity index (χ2n) is 4.66. The molecule has 0 aromatic carbocycles. The van der Waals surface area contributed by atoms with E-state index in [1.165, 1.54) is 14.1 Å². The molecule has 2 unspecified atom stereocenters. The van der Waals surface area contributed by atoms with Crippen LogP contribution < -0.4 is 16.6 Å². The van der Waals surface area contributed by atoms with Gasteiger partial charge in [0.25, 0.3) is 5.56 Å². The number of hydrogen-bond acceptors (Lipinski definition) is 6. The Labute approximate surface area is 113 Å². The largest absolute Gasteiger partial charge is 0.479 e. The van der Waals surface area contributed by atoms with Crippen molar-refractivity contribution in [1.29, 1.82) is 0 Å². The second kappa shape index (κ2) is 5.45. The number of carboxylic acids is 1. The van der Waals surface area contributed by atoms with Crippen molar-refractivity contribution in [2.24, 2.45) is 14.1 Å². The van der Waals surface area contributed by atoms with Gasteiger partial charge in [-0.3, -0.25) is 9.36 Å².